The minimum absolute atomic E-state index is 1.23. The van der Waals surface area contributed by atoms with Crippen molar-refractivity contribution >= 4 is 10.8 Å². The van der Waals surface area contributed by atoms with Crippen molar-refractivity contribution in [2.75, 3.05) is 0 Å². The largest absolute Gasteiger partial charge is 0.0885 e. The van der Waals surface area contributed by atoms with Gasteiger partial charge in [-0.3, -0.25) is 0 Å². The molecule has 0 aliphatic rings. The quantitative estimate of drug-likeness (QED) is 0.255. The van der Waals surface area contributed by atoms with Crippen molar-refractivity contribution in [1.29, 1.82) is 0 Å². The summed E-state index contributed by atoms with van der Waals surface area (Å²) in [6.45, 7) is 2.24. The van der Waals surface area contributed by atoms with Gasteiger partial charge in [-0.25, -0.2) is 0 Å². The topological polar surface area (TPSA) is 0 Å². The van der Waals surface area contributed by atoms with Crippen LogP contribution in [0.4, 0.5) is 0 Å². The summed E-state index contributed by atoms with van der Waals surface area (Å²) >= 11 is 0. The van der Waals surface area contributed by atoms with Gasteiger partial charge in [-0.15, -0.1) is 0 Å². The molecule has 2 aromatic rings. The highest BCUT2D eigenvalue weighted by molar-refractivity contribution is 5.85. The van der Waals surface area contributed by atoms with Crippen molar-refractivity contribution in [1.82, 2.24) is 0 Å². The molecule has 0 heteroatoms. The summed E-state index contributed by atoms with van der Waals surface area (Å²) in [7, 11) is 0. The van der Waals surface area contributed by atoms with Gasteiger partial charge in [0.05, 0.1) is 0 Å². The number of hydrogen-bond donors (Lipinski definition) is 0. The van der Waals surface area contributed by atoms with Crippen molar-refractivity contribution in [2.24, 2.45) is 0 Å². The van der Waals surface area contributed by atoms with Gasteiger partial charge < -0.3 is 0 Å². The van der Waals surface area contributed by atoms with E-state index in [1.54, 1.807) is 0 Å². The third-order valence-corrected chi connectivity index (χ3v) is 5.07. The average Bonchev–Trinajstić information content (AvgIpc) is 2.65. The Balaban J connectivity index is 1.48. The lowest BCUT2D eigenvalue weighted by molar-refractivity contribution is 0.569. The van der Waals surface area contributed by atoms with Crippen molar-refractivity contribution in [3.05, 3.63) is 60.2 Å². The van der Waals surface area contributed by atoms with Crippen molar-refractivity contribution < 1.29 is 0 Å². The van der Waals surface area contributed by atoms with E-state index in [4.69, 9.17) is 0 Å². The fourth-order valence-corrected chi connectivity index (χ4v) is 3.55. The maximum absolute atomic E-state index is 2.37. The van der Waals surface area contributed by atoms with Crippen molar-refractivity contribution in [3.63, 3.8) is 0 Å². The van der Waals surface area contributed by atoms with Crippen LogP contribution in [0.1, 0.15) is 83.1 Å². The van der Waals surface area contributed by atoms with E-state index in [2.05, 4.69) is 61.5 Å². The Hall–Kier alpha value is -1.56. The Labute approximate surface area is 155 Å². The van der Waals surface area contributed by atoms with Gasteiger partial charge in [0.1, 0.15) is 0 Å². The lowest BCUT2D eigenvalue weighted by Crippen LogP contribution is -1.88. The number of fused-ring (bicyclic) bond motifs is 1. The van der Waals surface area contributed by atoms with Crippen LogP contribution in [-0.4, -0.2) is 0 Å². The summed E-state index contributed by atoms with van der Waals surface area (Å²) < 4.78 is 0. The lowest BCUT2D eigenvalue weighted by Gasteiger charge is -2.06. The molecule has 0 heterocycles. The zero-order valence-electron chi connectivity index (χ0n) is 16.2. The van der Waals surface area contributed by atoms with Crippen LogP contribution in [0, 0.1) is 0 Å². The van der Waals surface area contributed by atoms with Gasteiger partial charge in [0, 0.05) is 0 Å². The number of aryl methyl sites for hydroxylation is 1. The van der Waals surface area contributed by atoms with E-state index < -0.39 is 0 Å². The Bertz CT molecular complexity index is 603. The molecule has 0 radical (unpaired) electrons. The summed E-state index contributed by atoms with van der Waals surface area (Å²) in [6, 6.07) is 15.5. The van der Waals surface area contributed by atoms with E-state index in [9.17, 15) is 0 Å². The monoisotopic (exact) mass is 336 g/mol. The highest BCUT2D eigenvalue weighted by atomic mass is 14.0. The highest BCUT2D eigenvalue weighted by Gasteiger charge is 2.00. The Morgan fingerprint density at radius 1 is 0.640 bits per heavy atom. The third kappa shape index (κ3) is 7.90. The third-order valence-electron chi connectivity index (χ3n) is 5.07. The highest BCUT2D eigenvalue weighted by Crippen LogP contribution is 2.20. The second-order valence-corrected chi connectivity index (χ2v) is 7.27. The Kier molecular flexibility index (Phi) is 10.1. The molecule has 0 unspecified atom stereocenters. The summed E-state index contributed by atoms with van der Waals surface area (Å²) in [4.78, 5) is 0. The predicted octanol–water partition coefficient (Wildman–Crippen LogP) is 8.25. The molecule has 0 spiro atoms. The lowest BCUT2D eigenvalue weighted by atomic mass is 9.99. The van der Waals surface area contributed by atoms with Gasteiger partial charge in [0.25, 0.3) is 0 Å². The predicted molar refractivity (Wildman–Crippen MR) is 113 cm³/mol. The first-order valence-corrected chi connectivity index (χ1v) is 10.5. The van der Waals surface area contributed by atoms with Gasteiger partial charge in [0.2, 0.25) is 0 Å². The minimum atomic E-state index is 1.23. The number of rotatable bonds is 13. The SMILES string of the molecule is CCC/C=C/CCCCCCCCCCc1cccc2ccccc12. The fourth-order valence-electron chi connectivity index (χ4n) is 3.55. The van der Waals surface area contributed by atoms with E-state index in [1.807, 2.05) is 0 Å². The molecule has 0 aromatic heterocycles. The molecule has 2 rings (SSSR count). The second kappa shape index (κ2) is 12.8. The van der Waals surface area contributed by atoms with Crippen molar-refractivity contribution in [3.8, 4) is 0 Å². The van der Waals surface area contributed by atoms with Crippen molar-refractivity contribution in [2.45, 2.75) is 84.0 Å². The molecule has 0 fully saturated rings. The first-order chi connectivity index (χ1) is 12.4. The number of benzene rings is 2. The van der Waals surface area contributed by atoms with Gasteiger partial charge in [-0.2, -0.15) is 0 Å². The fraction of sp³-hybridized carbons (Fsp3) is 0.520. The second-order valence-electron chi connectivity index (χ2n) is 7.27. The molecule has 0 saturated carbocycles. The molecule has 0 bridgehead atoms. The summed E-state index contributed by atoms with van der Waals surface area (Å²) in [6.07, 6.45) is 20.9. The van der Waals surface area contributed by atoms with Gasteiger partial charge in [-0.05, 0) is 48.4 Å². The zero-order valence-corrected chi connectivity index (χ0v) is 16.2. The molecule has 0 saturated heterocycles. The van der Waals surface area contributed by atoms with Gasteiger partial charge in [0.15, 0.2) is 0 Å². The first kappa shape index (κ1) is 19.8. The van der Waals surface area contributed by atoms with Crippen LogP contribution in [0.3, 0.4) is 0 Å². The molecule has 0 aliphatic heterocycles. The maximum atomic E-state index is 2.37. The van der Waals surface area contributed by atoms with E-state index in [0.29, 0.717) is 0 Å². The van der Waals surface area contributed by atoms with Crippen LogP contribution in [-0.2, 0) is 6.42 Å². The van der Waals surface area contributed by atoms with Gasteiger partial charge in [-0.1, -0.05) is 106 Å². The number of unbranched alkanes of at least 4 members (excludes halogenated alkanes) is 9. The number of allylic oxidation sites excluding steroid dienone is 2. The maximum Gasteiger partial charge on any atom is -0.0152 e. The van der Waals surface area contributed by atoms with Crippen LogP contribution in [0.25, 0.3) is 10.8 Å². The molecule has 0 aliphatic carbocycles. The molecule has 0 nitrogen and oxygen atoms in total. The van der Waals surface area contributed by atoms with E-state index in [0.717, 1.165) is 0 Å². The molecule has 25 heavy (non-hydrogen) atoms. The summed E-state index contributed by atoms with van der Waals surface area (Å²) in [5.74, 6) is 0. The molecule has 0 amide bonds. The summed E-state index contributed by atoms with van der Waals surface area (Å²) in [5.41, 5.74) is 1.52. The standard InChI is InChI=1S/C25H36/c1-2-3-4-5-6-7-8-9-10-11-12-13-14-18-23-20-17-21-24-19-15-16-22-25(23)24/h4-5,15-17,19-22H,2-3,6-14,18H2,1H3/b5-4+. The normalized spacial score (nSPS) is 11.6. The van der Waals surface area contributed by atoms with E-state index in [-0.39, 0.29) is 0 Å². The molecule has 136 valence electrons. The van der Waals surface area contributed by atoms with Crippen LogP contribution in [0.5, 0.6) is 0 Å². The van der Waals surface area contributed by atoms with E-state index in [1.165, 1.54) is 93.4 Å². The van der Waals surface area contributed by atoms with Crippen LogP contribution < -0.4 is 0 Å². The van der Waals surface area contributed by atoms with E-state index >= 15 is 0 Å². The molecular weight excluding hydrogens is 300 g/mol. The van der Waals surface area contributed by atoms with Gasteiger partial charge >= 0.3 is 0 Å². The van der Waals surface area contributed by atoms with Crippen LogP contribution in [0.15, 0.2) is 54.6 Å². The smallest absolute Gasteiger partial charge is 0.0152 e. The van der Waals surface area contributed by atoms with Crippen LogP contribution in [0.2, 0.25) is 0 Å². The first-order valence-electron chi connectivity index (χ1n) is 10.5. The molecule has 0 N–H and O–H groups in total. The Morgan fingerprint density at radius 2 is 1.28 bits per heavy atom. The summed E-state index contributed by atoms with van der Waals surface area (Å²) in [5, 5.41) is 2.82. The Morgan fingerprint density at radius 3 is 2.08 bits per heavy atom. The average molecular weight is 337 g/mol. The molecule has 2 aromatic carbocycles. The number of hydrogen-bond acceptors (Lipinski definition) is 0. The zero-order chi connectivity index (χ0) is 17.6. The van der Waals surface area contributed by atoms with Crippen LogP contribution >= 0.6 is 0 Å². The molecule has 0 atom stereocenters. The minimum Gasteiger partial charge on any atom is -0.0885 e. The molecular formula is C25H36.